The zero-order valence-electron chi connectivity index (χ0n) is 12.2. The number of para-hydroxylation sites is 1. The standard InChI is InChI=1S/C21H16O/c1-14-15-8-2-4-10-17(15)21(18-11-5-3-9-16(14)18)19-12-6-7-13-20(19)22/h2-13,21-22H,1H2. The topological polar surface area (TPSA) is 20.2 Å². The number of benzene rings is 3. The molecule has 0 aliphatic heterocycles. The van der Waals surface area contributed by atoms with Crippen molar-refractivity contribution in [3.8, 4) is 5.75 Å². The van der Waals surface area contributed by atoms with Gasteiger partial charge in [0.2, 0.25) is 0 Å². The van der Waals surface area contributed by atoms with E-state index in [2.05, 4.69) is 30.8 Å². The number of hydrogen-bond acceptors (Lipinski definition) is 1. The van der Waals surface area contributed by atoms with E-state index in [1.165, 1.54) is 11.1 Å². The molecule has 0 spiro atoms. The summed E-state index contributed by atoms with van der Waals surface area (Å²) in [4.78, 5) is 0. The third-order valence-electron chi connectivity index (χ3n) is 4.44. The first-order chi connectivity index (χ1) is 10.8. The Bertz CT molecular complexity index is 827. The van der Waals surface area contributed by atoms with Crippen LogP contribution in [0.15, 0.2) is 79.4 Å². The van der Waals surface area contributed by atoms with Crippen LogP contribution in [-0.2, 0) is 0 Å². The van der Waals surface area contributed by atoms with Crippen LogP contribution in [0.4, 0.5) is 0 Å². The largest absolute Gasteiger partial charge is 0.508 e. The third-order valence-corrected chi connectivity index (χ3v) is 4.44. The van der Waals surface area contributed by atoms with Crippen molar-refractivity contribution < 1.29 is 5.11 Å². The van der Waals surface area contributed by atoms with Crippen LogP contribution in [0.1, 0.15) is 33.7 Å². The van der Waals surface area contributed by atoms with Gasteiger partial charge in [-0.15, -0.1) is 0 Å². The Balaban J connectivity index is 2.05. The molecule has 4 rings (SSSR count). The molecule has 1 N–H and O–H groups in total. The van der Waals surface area contributed by atoms with Crippen LogP contribution in [0.2, 0.25) is 0 Å². The van der Waals surface area contributed by atoms with Crippen molar-refractivity contribution in [1.29, 1.82) is 0 Å². The van der Waals surface area contributed by atoms with Crippen molar-refractivity contribution in [2.45, 2.75) is 5.92 Å². The Morgan fingerprint density at radius 2 is 1.09 bits per heavy atom. The molecule has 1 aliphatic rings. The SMILES string of the molecule is C=C1c2ccccc2C(c2ccccc2O)c2ccccc21. The minimum atomic E-state index is 0.0408. The molecule has 1 heteroatoms. The average molecular weight is 284 g/mol. The van der Waals surface area contributed by atoms with Crippen LogP contribution in [-0.4, -0.2) is 5.11 Å². The van der Waals surface area contributed by atoms with E-state index >= 15 is 0 Å². The second kappa shape index (κ2) is 4.88. The number of fused-ring (bicyclic) bond motifs is 2. The lowest BCUT2D eigenvalue weighted by atomic mass is 9.73. The van der Waals surface area contributed by atoms with Crippen LogP contribution >= 0.6 is 0 Å². The average Bonchev–Trinajstić information content (AvgIpc) is 2.57. The molecule has 1 nitrogen and oxygen atoms in total. The Morgan fingerprint density at radius 1 is 0.636 bits per heavy atom. The van der Waals surface area contributed by atoms with Gasteiger partial charge in [-0.2, -0.15) is 0 Å². The fourth-order valence-electron chi connectivity index (χ4n) is 3.43. The van der Waals surface area contributed by atoms with Crippen molar-refractivity contribution in [1.82, 2.24) is 0 Å². The van der Waals surface area contributed by atoms with E-state index in [-0.39, 0.29) is 5.92 Å². The molecular weight excluding hydrogens is 268 g/mol. The van der Waals surface area contributed by atoms with Gasteiger partial charge in [0.25, 0.3) is 0 Å². The molecule has 1 aliphatic carbocycles. The number of rotatable bonds is 1. The van der Waals surface area contributed by atoms with Crippen LogP contribution in [0.3, 0.4) is 0 Å². The molecule has 0 unspecified atom stereocenters. The summed E-state index contributed by atoms with van der Waals surface area (Å²) >= 11 is 0. The van der Waals surface area contributed by atoms with Gasteiger partial charge in [0.1, 0.15) is 5.75 Å². The minimum Gasteiger partial charge on any atom is -0.508 e. The summed E-state index contributed by atoms with van der Waals surface area (Å²) in [6.07, 6.45) is 0. The highest BCUT2D eigenvalue weighted by Gasteiger charge is 2.29. The van der Waals surface area contributed by atoms with E-state index in [4.69, 9.17) is 0 Å². The third kappa shape index (κ3) is 1.79. The maximum Gasteiger partial charge on any atom is 0.119 e. The molecular formula is C21H16O. The highest BCUT2D eigenvalue weighted by Crippen LogP contribution is 2.46. The van der Waals surface area contributed by atoms with Crippen molar-refractivity contribution >= 4 is 5.57 Å². The lowest BCUT2D eigenvalue weighted by Gasteiger charge is -2.30. The van der Waals surface area contributed by atoms with Gasteiger partial charge < -0.3 is 5.11 Å². The first-order valence-electron chi connectivity index (χ1n) is 7.43. The predicted octanol–water partition coefficient (Wildman–Crippen LogP) is 4.95. The van der Waals surface area contributed by atoms with Gasteiger partial charge in [-0.1, -0.05) is 73.3 Å². The quantitative estimate of drug-likeness (QED) is 0.524. The van der Waals surface area contributed by atoms with Gasteiger partial charge in [0.15, 0.2) is 0 Å². The Labute approximate surface area is 130 Å². The minimum absolute atomic E-state index is 0.0408. The number of phenolic OH excluding ortho intramolecular Hbond substituents is 1. The molecule has 0 amide bonds. The zero-order valence-corrected chi connectivity index (χ0v) is 12.2. The highest BCUT2D eigenvalue weighted by molar-refractivity contribution is 5.86. The highest BCUT2D eigenvalue weighted by atomic mass is 16.3. The summed E-state index contributed by atoms with van der Waals surface area (Å²) < 4.78 is 0. The molecule has 0 aromatic heterocycles. The van der Waals surface area contributed by atoms with Crippen molar-refractivity contribution in [2.75, 3.05) is 0 Å². The summed E-state index contributed by atoms with van der Waals surface area (Å²) in [5.41, 5.74) is 6.72. The molecule has 0 fully saturated rings. The summed E-state index contributed by atoms with van der Waals surface area (Å²) in [6.45, 7) is 4.28. The molecule has 0 heterocycles. The van der Waals surface area contributed by atoms with Crippen LogP contribution < -0.4 is 0 Å². The van der Waals surface area contributed by atoms with Crippen molar-refractivity contribution in [2.24, 2.45) is 0 Å². The molecule has 106 valence electrons. The first kappa shape index (κ1) is 12.9. The van der Waals surface area contributed by atoms with Crippen LogP contribution in [0, 0.1) is 0 Å². The number of aromatic hydroxyl groups is 1. The van der Waals surface area contributed by atoms with E-state index in [0.717, 1.165) is 22.3 Å². The fourth-order valence-corrected chi connectivity index (χ4v) is 3.43. The van der Waals surface area contributed by atoms with Gasteiger partial charge in [-0.25, -0.2) is 0 Å². The van der Waals surface area contributed by atoms with E-state index in [1.54, 1.807) is 6.07 Å². The van der Waals surface area contributed by atoms with Gasteiger partial charge in [0.05, 0.1) is 0 Å². The second-order valence-corrected chi connectivity index (χ2v) is 5.64. The van der Waals surface area contributed by atoms with E-state index in [9.17, 15) is 5.11 Å². The predicted molar refractivity (Wildman–Crippen MR) is 90.1 cm³/mol. The number of phenols is 1. The lowest BCUT2D eigenvalue weighted by molar-refractivity contribution is 0.467. The van der Waals surface area contributed by atoms with Crippen LogP contribution in [0.25, 0.3) is 5.57 Å². The molecule has 22 heavy (non-hydrogen) atoms. The Morgan fingerprint density at radius 3 is 1.64 bits per heavy atom. The van der Waals surface area contributed by atoms with E-state index in [0.29, 0.717) is 5.75 Å². The van der Waals surface area contributed by atoms with Gasteiger partial charge >= 0.3 is 0 Å². The lowest BCUT2D eigenvalue weighted by Crippen LogP contribution is -2.14. The molecule has 0 saturated heterocycles. The second-order valence-electron chi connectivity index (χ2n) is 5.64. The van der Waals surface area contributed by atoms with Crippen LogP contribution in [0.5, 0.6) is 5.75 Å². The summed E-state index contributed by atoms with van der Waals surface area (Å²) in [7, 11) is 0. The number of hydrogen-bond donors (Lipinski definition) is 1. The summed E-state index contributed by atoms with van der Waals surface area (Å²) in [5.74, 6) is 0.378. The molecule has 3 aromatic carbocycles. The molecule has 0 bridgehead atoms. The fraction of sp³-hybridized carbons (Fsp3) is 0.0476. The van der Waals surface area contributed by atoms with Gasteiger partial charge in [0, 0.05) is 11.5 Å². The Kier molecular flexibility index (Phi) is 2.87. The van der Waals surface area contributed by atoms with E-state index in [1.807, 2.05) is 42.5 Å². The smallest absolute Gasteiger partial charge is 0.119 e. The molecule has 3 aromatic rings. The first-order valence-corrected chi connectivity index (χ1v) is 7.43. The maximum absolute atomic E-state index is 10.4. The van der Waals surface area contributed by atoms with E-state index < -0.39 is 0 Å². The van der Waals surface area contributed by atoms with Crippen molar-refractivity contribution in [3.05, 3.63) is 107 Å². The summed E-state index contributed by atoms with van der Waals surface area (Å²) in [6, 6.07) is 24.3. The molecule has 0 saturated carbocycles. The van der Waals surface area contributed by atoms with Crippen molar-refractivity contribution in [3.63, 3.8) is 0 Å². The van der Waals surface area contributed by atoms with Gasteiger partial charge in [-0.3, -0.25) is 0 Å². The molecule has 0 radical (unpaired) electrons. The maximum atomic E-state index is 10.4. The zero-order chi connectivity index (χ0) is 15.1. The monoisotopic (exact) mass is 284 g/mol. The molecule has 0 atom stereocenters. The normalized spacial score (nSPS) is 13.5. The van der Waals surface area contributed by atoms with Gasteiger partial charge in [-0.05, 0) is 33.9 Å². The Hall–Kier alpha value is -2.80. The summed E-state index contributed by atoms with van der Waals surface area (Å²) in [5, 5.41) is 10.4.